The van der Waals surface area contributed by atoms with Crippen molar-refractivity contribution in [2.75, 3.05) is 7.05 Å². The van der Waals surface area contributed by atoms with Gasteiger partial charge in [-0.15, -0.1) is 0 Å². The fraction of sp³-hybridized carbons (Fsp3) is 0.769. The molecule has 1 aromatic carbocycles. The molecule has 7 unspecified atom stereocenters. The van der Waals surface area contributed by atoms with Crippen molar-refractivity contribution in [2.45, 2.75) is 116 Å². The van der Waals surface area contributed by atoms with E-state index in [-0.39, 0.29) is 22.8 Å². The summed E-state index contributed by atoms with van der Waals surface area (Å²) in [5, 5.41) is 3.88. The van der Waals surface area contributed by atoms with Crippen LogP contribution >= 0.6 is 8.53 Å². The van der Waals surface area contributed by atoms with E-state index in [2.05, 4.69) is 97.9 Å². The van der Waals surface area contributed by atoms with E-state index in [9.17, 15) is 0 Å². The monoisotopic (exact) mass is 449 g/mol. The third kappa shape index (κ3) is 4.62. The Morgan fingerprint density at radius 2 is 1.68 bits per heavy atom. The van der Waals surface area contributed by atoms with Crippen LogP contribution in [0.5, 0.6) is 0 Å². The van der Waals surface area contributed by atoms with E-state index in [1.807, 2.05) is 0 Å². The molecule has 0 spiro atoms. The van der Waals surface area contributed by atoms with Crippen LogP contribution in [0.15, 0.2) is 30.3 Å². The van der Waals surface area contributed by atoms with E-state index in [4.69, 9.17) is 9.05 Å². The van der Waals surface area contributed by atoms with Crippen molar-refractivity contribution < 1.29 is 13.5 Å². The first kappa shape index (κ1) is 25.1. The normalized spacial score (nSPS) is 43.0. The van der Waals surface area contributed by atoms with Gasteiger partial charge in [0.25, 0.3) is 8.53 Å². The molecule has 31 heavy (non-hydrogen) atoms. The lowest BCUT2D eigenvalue weighted by Crippen LogP contribution is -2.78. The molecular formula is C26H46N2O2P+. The molecule has 0 aliphatic carbocycles. The van der Waals surface area contributed by atoms with Crippen molar-refractivity contribution in [1.82, 2.24) is 5.09 Å². The Morgan fingerprint density at radius 3 is 2.23 bits per heavy atom. The van der Waals surface area contributed by atoms with Gasteiger partial charge in [0.2, 0.25) is 0 Å². The van der Waals surface area contributed by atoms with Crippen molar-refractivity contribution in [1.29, 1.82) is 0 Å². The Kier molecular flexibility index (Phi) is 7.32. The van der Waals surface area contributed by atoms with E-state index in [0.717, 1.165) is 36.7 Å². The standard InChI is InChI=1S/C26H46N2O2P/c1-10-25(7)18-23(27-31-29-20(3)17-24(5,6)30-31)21(4)26(8,11-2)28(25,9)19-22-15-13-12-14-16-22/h12-16,20-21,23,27H,10-11,17-19H2,1-9H3/q+1. The molecule has 0 aromatic heterocycles. The number of hydrogen-bond acceptors (Lipinski definition) is 3. The average Bonchev–Trinajstić information content (AvgIpc) is 2.70. The highest BCUT2D eigenvalue weighted by Crippen LogP contribution is 2.55. The number of piperidine rings is 1. The van der Waals surface area contributed by atoms with Gasteiger partial charge in [-0.1, -0.05) is 51.1 Å². The number of hydrogen-bond donors (Lipinski definition) is 1. The molecule has 0 bridgehead atoms. The van der Waals surface area contributed by atoms with Crippen LogP contribution in [0.4, 0.5) is 0 Å². The first-order chi connectivity index (χ1) is 14.4. The minimum atomic E-state index is -1.08. The van der Waals surface area contributed by atoms with Gasteiger partial charge in [-0.3, -0.25) is 0 Å². The van der Waals surface area contributed by atoms with Crippen LogP contribution in [0.2, 0.25) is 0 Å². The maximum Gasteiger partial charge on any atom is 0.256 e. The molecule has 2 saturated heterocycles. The summed E-state index contributed by atoms with van der Waals surface area (Å²) >= 11 is 0. The van der Waals surface area contributed by atoms with Gasteiger partial charge in [-0.25, -0.2) is 5.09 Å². The largest absolute Gasteiger partial charge is 0.319 e. The predicted molar refractivity (Wildman–Crippen MR) is 132 cm³/mol. The summed E-state index contributed by atoms with van der Waals surface area (Å²) in [7, 11) is 1.43. The van der Waals surface area contributed by atoms with Crippen LogP contribution in [0.25, 0.3) is 0 Å². The molecule has 4 nitrogen and oxygen atoms in total. The summed E-state index contributed by atoms with van der Waals surface area (Å²) in [6.45, 7) is 19.8. The molecule has 0 radical (unpaired) electrons. The lowest BCUT2D eigenvalue weighted by Gasteiger charge is -2.66. The maximum absolute atomic E-state index is 6.37. The minimum absolute atomic E-state index is 0.131. The Bertz CT molecular complexity index is 744. The predicted octanol–water partition coefficient (Wildman–Crippen LogP) is 6.80. The van der Waals surface area contributed by atoms with E-state index < -0.39 is 8.53 Å². The van der Waals surface area contributed by atoms with Gasteiger partial charge in [-0.2, -0.15) is 0 Å². The first-order valence-corrected chi connectivity index (χ1v) is 13.4. The van der Waals surface area contributed by atoms with Crippen LogP contribution in [0, 0.1) is 5.92 Å². The fourth-order valence-corrected chi connectivity index (χ4v) is 8.03. The third-order valence-corrected chi connectivity index (χ3v) is 10.8. The van der Waals surface area contributed by atoms with Gasteiger partial charge in [0.05, 0.1) is 24.3 Å². The fourth-order valence-electron chi connectivity index (χ4n) is 6.36. The molecule has 2 aliphatic heterocycles. The molecule has 1 aromatic rings. The second-order valence-corrected chi connectivity index (χ2v) is 12.5. The number of nitrogens with zero attached hydrogens (tertiary/aromatic N) is 1. The third-order valence-electron chi connectivity index (χ3n) is 9.04. The summed E-state index contributed by atoms with van der Waals surface area (Å²) in [6.07, 6.45) is 4.60. The summed E-state index contributed by atoms with van der Waals surface area (Å²) in [6, 6.07) is 11.4. The topological polar surface area (TPSA) is 30.5 Å². The molecule has 2 aliphatic rings. The Balaban J connectivity index is 1.92. The zero-order valence-corrected chi connectivity index (χ0v) is 22.3. The Hall–Kier alpha value is -0.510. The van der Waals surface area contributed by atoms with E-state index >= 15 is 0 Å². The highest BCUT2D eigenvalue weighted by Gasteiger charge is 2.62. The van der Waals surface area contributed by atoms with Crippen LogP contribution in [-0.2, 0) is 15.6 Å². The van der Waals surface area contributed by atoms with Crippen LogP contribution < -0.4 is 5.09 Å². The first-order valence-electron chi connectivity index (χ1n) is 12.2. The molecule has 3 rings (SSSR count). The molecular weight excluding hydrogens is 403 g/mol. The quantitative estimate of drug-likeness (QED) is 0.383. The molecule has 0 saturated carbocycles. The zero-order chi connectivity index (χ0) is 23.1. The number of benzene rings is 1. The SMILES string of the molecule is CCC1(C)CC(NP2OC(C)CC(C)(C)O2)C(C)C(C)(CC)[N+]1(C)Cc1ccccc1. The van der Waals surface area contributed by atoms with E-state index in [1.165, 1.54) is 5.56 Å². The lowest BCUT2D eigenvalue weighted by atomic mass is 9.64. The Morgan fingerprint density at radius 1 is 1.03 bits per heavy atom. The van der Waals surface area contributed by atoms with Crippen LogP contribution in [0.3, 0.4) is 0 Å². The molecule has 2 heterocycles. The summed E-state index contributed by atoms with van der Waals surface area (Å²) in [5.41, 5.74) is 1.61. The average molecular weight is 450 g/mol. The molecule has 5 heteroatoms. The number of nitrogens with one attached hydrogen (secondary N) is 1. The maximum atomic E-state index is 6.37. The minimum Gasteiger partial charge on any atom is -0.319 e. The summed E-state index contributed by atoms with van der Waals surface area (Å²) in [5.74, 6) is 0.501. The smallest absolute Gasteiger partial charge is 0.256 e. The second-order valence-electron chi connectivity index (χ2n) is 11.4. The van der Waals surface area contributed by atoms with E-state index in [0.29, 0.717) is 12.0 Å². The molecule has 176 valence electrons. The number of quaternary nitrogens is 1. The van der Waals surface area contributed by atoms with Gasteiger partial charge < -0.3 is 13.5 Å². The number of likely N-dealkylation sites (tertiary alicyclic amines) is 1. The van der Waals surface area contributed by atoms with Crippen molar-refractivity contribution in [3.05, 3.63) is 35.9 Å². The van der Waals surface area contributed by atoms with Crippen LogP contribution in [0.1, 0.15) is 86.6 Å². The van der Waals surface area contributed by atoms with Gasteiger partial charge >= 0.3 is 0 Å². The highest BCUT2D eigenvalue weighted by atomic mass is 31.2. The molecule has 7 atom stereocenters. The van der Waals surface area contributed by atoms with Crippen molar-refractivity contribution >= 4 is 8.53 Å². The lowest BCUT2D eigenvalue weighted by molar-refractivity contribution is -1.02. The van der Waals surface area contributed by atoms with Gasteiger partial charge in [0.15, 0.2) is 0 Å². The Labute approximate surface area is 192 Å². The van der Waals surface area contributed by atoms with Crippen molar-refractivity contribution in [3.63, 3.8) is 0 Å². The van der Waals surface area contributed by atoms with Gasteiger partial charge in [0.1, 0.15) is 12.1 Å². The summed E-state index contributed by atoms with van der Waals surface area (Å²) < 4.78 is 13.7. The molecule has 1 N–H and O–H groups in total. The second kappa shape index (κ2) is 9.03. The van der Waals surface area contributed by atoms with Crippen LogP contribution in [-0.4, -0.2) is 40.4 Å². The van der Waals surface area contributed by atoms with Gasteiger partial charge in [0, 0.05) is 30.4 Å². The zero-order valence-electron chi connectivity index (χ0n) is 21.4. The van der Waals surface area contributed by atoms with Crippen molar-refractivity contribution in [3.8, 4) is 0 Å². The molecule has 0 amide bonds. The molecule has 2 fully saturated rings. The highest BCUT2D eigenvalue weighted by molar-refractivity contribution is 7.45. The van der Waals surface area contributed by atoms with Gasteiger partial charge in [-0.05, 0) is 47.5 Å². The van der Waals surface area contributed by atoms with Crippen molar-refractivity contribution in [2.24, 2.45) is 5.92 Å². The summed E-state index contributed by atoms with van der Waals surface area (Å²) in [4.78, 5) is 0. The van der Waals surface area contributed by atoms with E-state index in [1.54, 1.807) is 0 Å². The number of rotatable bonds is 6.